The van der Waals surface area contributed by atoms with Crippen molar-refractivity contribution in [3.63, 3.8) is 0 Å². The zero-order valence-electron chi connectivity index (χ0n) is 15.5. The third kappa shape index (κ3) is 4.00. The molecule has 2 aromatic carbocycles. The molecule has 29 heavy (non-hydrogen) atoms. The Hall–Kier alpha value is -3.20. The van der Waals surface area contributed by atoms with Crippen molar-refractivity contribution in [2.24, 2.45) is 4.99 Å². The summed E-state index contributed by atoms with van der Waals surface area (Å²) >= 11 is 1.24. The van der Waals surface area contributed by atoms with Gasteiger partial charge >= 0.3 is 5.97 Å². The van der Waals surface area contributed by atoms with Crippen LogP contribution in [0.4, 0.5) is 4.39 Å². The van der Waals surface area contributed by atoms with Crippen molar-refractivity contribution in [2.75, 3.05) is 19.8 Å². The Morgan fingerprint density at radius 1 is 1.17 bits per heavy atom. The van der Waals surface area contributed by atoms with Crippen LogP contribution in [0.3, 0.4) is 0 Å². The number of fused-ring (bicyclic) bond motifs is 2. The molecule has 7 nitrogen and oxygen atoms in total. The molecule has 1 aliphatic heterocycles. The maximum atomic E-state index is 13.1. The lowest BCUT2D eigenvalue weighted by Crippen LogP contribution is -2.23. The van der Waals surface area contributed by atoms with E-state index in [-0.39, 0.29) is 18.7 Å². The minimum Gasteiger partial charge on any atom is -0.486 e. The Labute approximate surface area is 169 Å². The highest BCUT2D eigenvalue weighted by molar-refractivity contribution is 7.16. The molecule has 0 unspecified atom stereocenters. The highest BCUT2D eigenvalue weighted by Gasteiger charge is 2.18. The third-order valence-electron chi connectivity index (χ3n) is 4.23. The van der Waals surface area contributed by atoms with Gasteiger partial charge in [-0.05, 0) is 31.2 Å². The van der Waals surface area contributed by atoms with Gasteiger partial charge in [-0.3, -0.25) is 9.59 Å². The molecule has 150 valence electrons. The Kier molecular flexibility index (Phi) is 5.30. The van der Waals surface area contributed by atoms with E-state index in [0.29, 0.717) is 35.0 Å². The molecule has 0 aliphatic carbocycles. The van der Waals surface area contributed by atoms with E-state index < -0.39 is 17.7 Å². The zero-order valence-corrected chi connectivity index (χ0v) is 16.3. The molecular formula is C20H17FN2O5S. The minimum absolute atomic E-state index is 0.108. The summed E-state index contributed by atoms with van der Waals surface area (Å²) < 4.78 is 31.8. The van der Waals surface area contributed by atoms with Gasteiger partial charge in [-0.15, -0.1) is 0 Å². The number of aromatic nitrogens is 1. The van der Waals surface area contributed by atoms with Gasteiger partial charge in [0, 0.05) is 17.7 Å². The van der Waals surface area contributed by atoms with Gasteiger partial charge in [0.05, 0.1) is 16.8 Å². The summed E-state index contributed by atoms with van der Waals surface area (Å²) in [6.45, 7) is 2.74. The van der Waals surface area contributed by atoms with Crippen LogP contribution in [0.5, 0.6) is 11.5 Å². The van der Waals surface area contributed by atoms with Crippen LogP contribution in [0.2, 0.25) is 0 Å². The number of carbonyl (C=O) groups excluding carboxylic acids is 2. The third-order valence-corrected chi connectivity index (χ3v) is 5.27. The first-order valence-corrected chi connectivity index (χ1v) is 9.80. The SMILES string of the molecule is CCOC(=O)Cn1c(=NC(=O)c2ccc(F)cc2)sc2cc3c(cc21)OCCO3. The summed E-state index contributed by atoms with van der Waals surface area (Å²) in [4.78, 5) is 29.2. The second-order valence-electron chi connectivity index (χ2n) is 6.16. The number of hydrogen-bond acceptors (Lipinski definition) is 6. The van der Waals surface area contributed by atoms with Crippen LogP contribution in [0.15, 0.2) is 41.4 Å². The van der Waals surface area contributed by atoms with Gasteiger partial charge in [0.2, 0.25) is 0 Å². The van der Waals surface area contributed by atoms with Crippen LogP contribution >= 0.6 is 11.3 Å². The van der Waals surface area contributed by atoms with Gasteiger partial charge < -0.3 is 18.8 Å². The molecule has 0 radical (unpaired) electrons. The van der Waals surface area contributed by atoms with Crippen LogP contribution < -0.4 is 14.3 Å². The lowest BCUT2D eigenvalue weighted by atomic mass is 10.2. The average molecular weight is 416 g/mol. The van der Waals surface area contributed by atoms with Gasteiger partial charge in [0.15, 0.2) is 16.3 Å². The van der Waals surface area contributed by atoms with Crippen molar-refractivity contribution in [1.82, 2.24) is 4.57 Å². The number of thiazole rings is 1. The van der Waals surface area contributed by atoms with Crippen LogP contribution in [0.1, 0.15) is 17.3 Å². The topological polar surface area (TPSA) is 79.1 Å². The fraction of sp³-hybridized carbons (Fsp3) is 0.250. The van der Waals surface area contributed by atoms with Gasteiger partial charge in [0.1, 0.15) is 25.6 Å². The number of nitrogens with zero attached hydrogens (tertiary/aromatic N) is 2. The van der Waals surface area contributed by atoms with E-state index in [2.05, 4.69) is 4.99 Å². The van der Waals surface area contributed by atoms with E-state index in [1.54, 1.807) is 23.6 Å². The van der Waals surface area contributed by atoms with Crippen molar-refractivity contribution in [3.05, 3.63) is 52.6 Å². The van der Waals surface area contributed by atoms with Gasteiger partial charge in [-0.1, -0.05) is 11.3 Å². The van der Waals surface area contributed by atoms with Crippen LogP contribution in [-0.2, 0) is 16.1 Å². The fourth-order valence-electron chi connectivity index (χ4n) is 2.92. The summed E-state index contributed by atoms with van der Waals surface area (Å²) in [6, 6.07) is 8.69. The van der Waals surface area contributed by atoms with Gasteiger partial charge in [-0.25, -0.2) is 4.39 Å². The van der Waals surface area contributed by atoms with Crippen molar-refractivity contribution < 1.29 is 28.2 Å². The van der Waals surface area contributed by atoms with Crippen LogP contribution in [0.25, 0.3) is 10.2 Å². The van der Waals surface area contributed by atoms with Gasteiger partial charge in [-0.2, -0.15) is 4.99 Å². The highest BCUT2D eigenvalue weighted by atomic mass is 32.1. The first-order chi connectivity index (χ1) is 14.0. The Balaban J connectivity index is 1.83. The number of halogens is 1. The number of amides is 1. The molecule has 1 aliphatic rings. The summed E-state index contributed by atoms with van der Waals surface area (Å²) in [7, 11) is 0. The van der Waals surface area contributed by atoms with Crippen molar-refractivity contribution in [1.29, 1.82) is 0 Å². The molecule has 0 saturated carbocycles. The predicted molar refractivity (Wildman–Crippen MR) is 104 cm³/mol. The van der Waals surface area contributed by atoms with Crippen molar-refractivity contribution >= 4 is 33.4 Å². The normalized spacial score (nSPS) is 13.5. The number of rotatable bonds is 4. The van der Waals surface area contributed by atoms with Crippen molar-refractivity contribution in [3.8, 4) is 11.5 Å². The van der Waals surface area contributed by atoms with E-state index in [1.807, 2.05) is 0 Å². The number of benzene rings is 2. The van der Waals surface area contributed by atoms with E-state index in [4.69, 9.17) is 14.2 Å². The molecule has 1 amide bonds. The molecule has 1 aromatic heterocycles. The van der Waals surface area contributed by atoms with Gasteiger partial charge in [0.25, 0.3) is 5.91 Å². The lowest BCUT2D eigenvalue weighted by Gasteiger charge is -2.18. The molecule has 0 N–H and O–H groups in total. The maximum absolute atomic E-state index is 13.1. The minimum atomic E-state index is -0.536. The predicted octanol–water partition coefficient (Wildman–Crippen LogP) is 2.92. The highest BCUT2D eigenvalue weighted by Crippen LogP contribution is 2.35. The van der Waals surface area contributed by atoms with E-state index >= 15 is 0 Å². The molecule has 0 spiro atoms. The second-order valence-corrected chi connectivity index (χ2v) is 7.17. The number of hydrogen-bond donors (Lipinski definition) is 0. The first-order valence-electron chi connectivity index (χ1n) is 8.98. The smallest absolute Gasteiger partial charge is 0.326 e. The largest absolute Gasteiger partial charge is 0.486 e. The summed E-state index contributed by atoms with van der Waals surface area (Å²) in [5, 5.41) is 0. The Morgan fingerprint density at radius 3 is 2.55 bits per heavy atom. The monoisotopic (exact) mass is 416 g/mol. The quantitative estimate of drug-likeness (QED) is 0.611. The molecule has 2 heterocycles. The second kappa shape index (κ2) is 8.04. The lowest BCUT2D eigenvalue weighted by molar-refractivity contribution is -0.143. The molecule has 3 aromatic rings. The molecule has 0 atom stereocenters. The first kappa shape index (κ1) is 19.1. The van der Waals surface area contributed by atoms with Crippen LogP contribution in [0, 0.1) is 5.82 Å². The molecule has 0 saturated heterocycles. The number of ether oxygens (including phenoxy) is 3. The summed E-state index contributed by atoms with van der Waals surface area (Å²) in [5.41, 5.74) is 0.926. The Morgan fingerprint density at radius 2 is 1.86 bits per heavy atom. The standard InChI is InChI=1S/C20H17FN2O5S/c1-2-26-18(24)11-23-14-9-15-16(28-8-7-27-15)10-17(14)29-20(23)22-19(25)12-3-5-13(21)6-4-12/h3-6,9-10H,2,7-8,11H2,1H3. The Bertz CT molecular complexity index is 1150. The van der Waals surface area contributed by atoms with E-state index in [9.17, 15) is 14.0 Å². The molecule has 9 heteroatoms. The summed E-state index contributed by atoms with van der Waals surface area (Å²) in [6.07, 6.45) is 0. The van der Waals surface area contributed by atoms with Crippen LogP contribution in [-0.4, -0.2) is 36.3 Å². The molecular weight excluding hydrogens is 399 g/mol. The maximum Gasteiger partial charge on any atom is 0.326 e. The van der Waals surface area contributed by atoms with Crippen molar-refractivity contribution in [2.45, 2.75) is 13.5 Å². The fourth-order valence-corrected chi connectivity index (χ4v) is 3.96. The number of esters is 1. The number of carbonyl (C=O) groups is 2. The van der Waals surface area contributed by atoms with E-state index in [0.717, 1.165) is 4.70 Å². The van der Waals surface area contributed by atoms with E-state index in [1.165, 1.54) is 35.6 Å². The summed E-state index contributed by atoms with van der Waals surface area (Å²) in [5.74, 6) is -0.254. The molecule has 0 fully saturated rings. The average Bonchev–Trinajstić information content (AvgIpc) is 3.02. The molecule has 4 rings (SSSR count). The zero-order chi connectivity index (χ0) is 20.4. The molecule has 0 bridgehead atoms.